The lowest BCUT2D eigenvalue weighted by Crippen LogP contribution is -2.17. The van der Waals surface area contributed by atoms with Gasteiger partial charge in [0, 0.05) is 6.42 Å². The summed E-state index contributed by atoms with van der Waals surface area (Å²) in [6, 6.07) is 7.65. The van der Waals surface area contributed by atoms with E-state index in [1.807, 2.05) is 6.07 Å². The van der Waals surface area contributed by atoms with Crippen LogP contribution in [0.25, 0.3) is 0 Å². The number of halogens is 3. The molecule has 0 saturated heterocycles. The molecule has 5 heteroatoms. The summed E-state index contributed by atoms with van der Waals surface area (Å²) >= 11 is 0. The minimum absolute atomic E-state index is 0. The van der Waals surface area contributed by atoms with Crippen LogP contribution in [0, 0.1) is 11.3 Å². The zero-order valence-electron chi connectivity index (χ0n) is 8.58. The molecule has 0 amide bonds. The Morgan fingerprint density at radius 2 is 2.06 bits per heavy atom. The number of rotatable bonds is 3. The molecule has 17 heavy (non-hydrogen) atoms. The second-order valence-electron chi connectivity index (χ2n) is 3.38. The van der Waals surface area contributed by atoms with Crippen LogP contribution in [0.4, 0.5) is 13.2 Å². The van der Waals surface area contributed by atoms with E-state index < -0.39 is 6.36 Å². The van der Waals surface area contributed by atoms with E-state index in [2.05, 4.69) is 4.74 Å². The maximum atomic E-state index is 11.9. The van der Waals surface area contributed by atoms with Gasteiger partial charge in [-0.2, -0.15) is 5.26 Å². The molecule has 0 aromatic heterocycles. The van der Waals surface area contributed by atoms with E-state index in [1.54, 1.807) is 13.0 Å². The van der Waals surface area contributed by atoms with E-state index in [0.29, 0.717) is 5.56 Å². The van der Waals surface area contributed by atoms with Crippen LogP contribution in [0.5, 0.6) is 5.75 Å². The lowest BCUT2D eigenvalue weighted by molar-refractivity contribution is -0.274. The van der Waals surface area contributed by atoms with Crippen molar-refractivity contribution in [2.45, 2.75) is 33.1 Å². The van der Waals surface area contributed by atoms with Crippen LogP contribution in [0.2, 0.25) is 0 Å². The Morgan fingerprint density at radius 3 is 2.59 bits per heavy atom. The molecule has 1 atom stereocenters. The third-order valence-electron chi connectivity index (χ3n) is 2.06. The van der Waals surface area contributed by atoms with Crippen LogP contribution in [-0.4, -0.2) is 6.36 Å². The van der Waals surface area contributed by atoms with Gasteiger partial charge in [-0.1, -0.05) is 26.5 Å². The van der Waals surface area contributed by atoms with E-state index in [9.17, 15) is 13.2 Å². The summed E-state index contributed by atoms with van der Waals surface area (Å²) in [6.07, 6.45) is -4.42. The van der Waals surface area contributed by atoms with Crippen LogP contribution in [0.15, 0.2) is 24.3 Å². The minimum Gasteiger partial charge on any atom is -0.406 e. The van der Waals surface area contributed by atoms with Crippen molar-refractivity contribution >= 4 is 0 Å². The van der Waals surface area contributed by atoms with Crippen molar-refractivity contribution in [1.82, 2.24) is 0 Å². The topological polar surface area (TPSA) is 33.0 Å². The lowest BCUT2D eigenvalue weighted by Gasteiger charge is -2.12. The third kappa shape index (κ3) is 5.25. The fourth-order valence-corrected chi connectivity index (χ4v) is 1.27. The predicted molar refractivity (Wildman–Crippen MR) is 58.5 cm³/mol. The highest BCUT2D eigenvalue weighted by atomic mass is 19.4. The quantitative estimate of drug-likeness (QED) is 0.798. The Labute approximate surface area is 98.6 Å². The summed E-state index contributed by atoms with van der Waals surface area (Å²) in [5, 5.41) is 8.49. The molecule has 0 aliphatic rings. The van der Waals surface area contributed by atoms with Gasteiger partial charge in [0.1, 0.15) is 5.75 Å². The fraction of sp³-hybridized carbons (Fsp3) is 0.417. The standard InChI is InChI=1S/C11H10F3NO.CH4/c1-8(5-6-15)9-3-2-4-10(7-9)16-11(12,13)14;/h2-4,7-8H,5H2,1H3;1H4. The molecule has 1 aromatic rings. The Morgan fingerprint density at radius 1 is 1.41 bits per heavy atom. The molecule has 0 saturated carbocycles. The van der Waals surface area contributed by atoms with Gasteiger partial charge in [0.15, 0.2) is 0 Å². The molecule has 0 aliphatic carbocycles. The van der Waals surface area contributed by atoms with Gasteiger partial charge in [-0.3, -0.25) is 0 Å². The van der Waals surface area contributed by atoms with E-state index in [0.717, 1.165) is 0 Å². The number of nitriles is 1. The molecule has 0 radical (unpaired) electrons. The van der Waals surface area contributed by atoms with Crippen molar-refractivity contribution < 1.29 is 17.9 Å². The van der Waals surface area contributed by atoms with Gasteiger partial charge in [0.2, 0.25) is 0 Å². The molecule has 0 aliphatic heterocycles. The highest BCUT2D eigenvalue weighted by Crippen LogP contribution is 2.27. The van der Waals surface area contributed by atoms with Gasteiger partial charge in [0.05, 0.1) is 6.07 Å². The third-order valence-corrected chi connectivity index (χ3v) is 2.06. The summed E-state index contributed by atoms with van der Waals surface area (Å²) in [5.41, 5.74) is 0.656. The molecule has 0 bridgehead atoms. The first-order valence-electron chi connectivity index (χ1n) is 4.65. The molecule has 1 aromatic carbocycles. The number of alkyl halides is 3. The number of hydrogen-bond acceptors (Lipinski definition) is 2. The van der Waals surface area contributed by atoms with Gasteiger partial charge < -0.3 is 4.74 Å². The SMILES string of the molecule is C.CC(CC#N)c1cccc(OC(F)(F)F)c1. The molecular weight excluding hydrogens is 231 g/mol. The van der Waals surface area contributed by atoms with Crippen molar-refractivity contribution in [1.29, 1.82) is 5.26 Å². The number of nitrogens with zero attached hydrogens (tertiary/aromatic N) is 1. The Kier molecular flexibility index (Phi) is 5.52. The number of benzene rings is 1. The van der Waals surface area contributed by atoms with E-state index >= 15 is 0 Å². The summed E-state index contributed by atoms with van der Waals surface area (Å²) in [4.78, 5) is 0. The first-order chi connectivity index (χ1) is 7.42. The smallest absolute Gasteiger partial charge is 0.406 e. The average Bonchev–Trinajstić information content (AvgIpc) is 2.16. The molecule has 0 fully saturated rings. The van der Waals surface area contributed by atoms with Gasteiger partial charge >= 0.3 is 6.36 Å². The second kappa shape index (κ2) is 6.14. The highest BCUT2D eigenvalue weighted by Gasteiger charge is 2.31. The van der Waals surface area contributed by atoms with Gasteiger partial charge in [-0.05, 0) is 23.6 Å². The van der Waals surface area contributed by atoms with Crippen LogP contribution in [-0.2, 0) is 0 Å². The largest absolute Gasteiger partial charge is 0.573 e. The van der Waals surface area contributed by atoms with Crippen molar-refractivity contribution in [2.24, 2.45) is 0 Å². The summed E-state index contributed by atoms with van der Waals surface area (Å²) in [5.74, 6) is -0.364. The van der Waals surface area contributed by atoms with Crippen molar-refractivity contribution in [3.8, 4) is 11.8 Å². The number of hydrogen-bond donors (Lipinski definition) is 0. The molecule has 0 heterocycles. The molecule has 2 nitrogen and oxygen atoms in total. The van der Waals surface area contributed by atoms with Crippen LogP contribution in [0.1, 0.15) is 32.3 Å². The maximum Gasteiger partial charge on any atom is 0.573 e. The molecule has 0 spiro atoms. The van der Waals surface area contributed by atoms with E-state index in [4.69, 9.17) is 5.26 Å². The normalized spacial score (nSPS) is 12.2. The van der Waals surface area contributed by atoms with Crippen LogP contribution >= 0.6 is 0 Å². The van der Waals surface area contributed by atoms with Crippen LogP contribution in [0.3, 0.4) is 0 Å². The molecular formula is C12H14F3NO. The van der Waals surface area contributed by atoms with Crippen LogP contribution < -0.4 is 4.74 Å². The molecule has 1 unspecified atom stereocenters. The van der Waals surface area contributed by atoms with Crippen molar-refractivity contribution in [3.63, 3.8) is 0 Å². The minimum atomic E-state index is -4.68. The van der Waals surface area contributed by atoms with Gasteiger partial charge in [-0.15, -0.1) is 13.2 Å². The van der Waals surface area contributed by atoms with Gasteiger partial charge in [-0.25, -0.2) is 0 Å². The average molecular weight is 245 g/mol. The van der Waals surface area contributed by atoms with E-state index in [1.165, 1.54) is 18.2 Å². The highest BCUT2D eigenvalue weighted by molar-refractivity contribution is 5.31. The van der Waals surface area contributed by atoms with Crippen molar-refractivity contribution in [3.05, 3.63) is 29.8 Å². The summed E-state index contributed by atoms with van der Waals surface area (Å²) in [6.45, 7) is 1.77. The molecule has 0 N–H and O–H groups in total. The fourth-order valence-electron chi connectivity index (χ4n) is 1.27. The van der Waals surface area contributed by atoms with Gasteiger partial charge in [0.25, 0.3) is 0 Å². The second-order valence-corrected chi connectivity index (χ2v) is 3.38. The predicted octanol–water partition coefficient (Wildman–Crippen LogP) is 4.24. The Hall–Kier alpha value is -1.70. The zero-order chi connectivity index (χ0) is 12.2. The first-order valence-corrected chi connectivity index (χ1v) is 4.65. The van der Waals surface area contributed by atoms with E-state index in [-0.39, 0.29) is 25.5 Å². The summed E-state index contributed by atoms with van der Waals surface area (Å²) in [7, 11) is 0. The lowest BCUT2D eigenvalue weighted by atomic mass is 9.98. The monoisotopic (exact) mass is 245 g/mol. The number of ether oxygens (including phenoxy) is 1. The Balaban J connectivity index is 0.00000256. The van der Waals surface area contributed by atoms with Crippen molar-refractivity contribution in [2.75, 3.05) is 0 Å². The summed E-state index contributed by atoms with van der Waals surface area (Å²) < 4.78 is 39.6. The molecule has 94 valence electrons. The maximum absolute atomic E-state index is 11.9. The molecule has 1 rings (SSSR count). The zero-order valence-corrected chi connectivity index (χ0v) is 8.58. The first kappa shape index (κ1) is 15.3. The Bertz CT molecular complexity index is 395.